The maximum absolute atomic E-state index is 12.6. The quantitative estimate of drug-likeness (QED) is 0.637. The van der Waals surface area contributed by atoms with E-state index in [2.05, 4.69) is 4.98 Å². The second-order valence-corrected chi connectivity index (χ2v) is 5.92. The Morgan fingerprint density at radius 2 is 1.93 bits per heavy atom. The summed E-state index contributed by atoms with van der Waals surface area (Å²) in [6.45, 7) is 0.218. The van der Waals surface area contributed by atoms with Crippen LogP contribution in [-0.4, -0.2) is 36.4 Å². The highest BCUT2D eigenvalue weighted by Gasteiger charge is 2.14. The van der Waals surface area contributed by atoms with Crippen molar-refractivity contribution in [2.24, 2.45) is 14.1 Å². The lowest BCUT2D eigenvalue weighted by molar-refractivity contribution is -0.131. The molecule has 9 heteroatoms. The Hall–Kier alpha value is -3.62. The number of benzene rings is 1. The minimum Gasteiger partial charge on any atom is -0.492 e. The van der Waals surface area contributed by atoms with E-state index in [-0.39, 0.29) is 13.2 Å². The Balaban J connectivity index is 1.74. The highest BCUT2D eigenvalue weighted by molar-refractivity contribution is 5.85. The second-order valence-electron chi connectivity index (χ2n) is 5.92. The highest BCUT2D eigenvalue weighted by atomic mass is 16.5. The van der Waals surface area contributed by atoms with Gasteiger partial charge in [-0.15, -0.1) is 0 Å². The Labute approximate surface area is 153 Å². The van der Waals surface area contributed by atoms with E-state index in [9.17, 15) is 14.4 Å². The van der Waals surface area contributed by atoms with Gasteiger partial charge < -0.3 is 14.4 Å². The summed E-state index contributed by atoms with van der Waals surface area (Å²) in [6.07, 6.45) is 4.01. The van der Waals surface area contributed by atoms with E-state index in [4.69, 9.17) is 9.84 Å². The molecule has 0 aliphatic carbocycles. The maximum atomic E-state index is 12.6. The molecule has 1 aromatic carbocycles. The lowest BCUT2D eigenvalue weighted by Gasteiger charge is -2.10. The van der Waals surface area contributed by atoms with Gasteiger partial charge in [0.25, 0.3) is 5.56 Å². The van der Waals surface area contributed by atoms with E-state index in [0.29, 0.717) is 16.9 Å². The smallest absolute Gasteiger partial charge is 0.332 e. The number of carboxylic acids is 1. The van der Waals surface area contributed by atoms with Gasteiger partial charge in [-0.3, -0.25) is 13.9 Å². The lowest BCUT2D eigenvalue weighted by Crippen LogP contribution is -2.40. The van der Waals surface area contributed by atoms with Gasteiger partial charge >= 0.3 is 11.7 Å². The first-order valence-corrected chi connectivity index (χ1v) is 8.13. The van der Waals surface area contributed by atoms with Crippen molar-refractivity contribution in [1.29, 1.82) is 0 Å². The van der Waals surface area contributed by atoms with Gasteiger partial charge in [0.05, 0.1) is 12.9 Å². The number of carbonyl (C=O) groups is 1. The zero-order chi connectivity index (χ0) is 19.6. The molecule has 1 N–H and O–H groups in total. The molecule has 3 aromatic rings. The van der Waals surface area contributed by atoms with Crippen LogP contribution in [0.4, 0.5) is 0 Å². The van der Waals surface area contributed by atoms with E-state index in [1.54, 1.807) is 42.9 Å². The van der Waals surface area contributed by atoms with Gasteiger partial charge in [0.2, 0.25) is 0 Å². The number of nitrogens with zero attached hydrogens (tertiary/aromatic N) is 4. The minimum atomic E-state index is -1.02. The number of aliphatic carboxylic acids is 1. The third kappa shape index (κ3) is 3.66. The molecular weight excluding hydrogens is 352 g/mol. The summed E-state index contributed by atoms with van der Waals surface area (Å²) < 4.78 is 9.63. The Morgan fingerprint density at radius 1 is 1.22 bits per heavy atom. The van der Waals surface area contributed by atoms with E-state index in [1.165, 1.54) is 17.0 Å². The predicted molar refractivity (Wildman–Crippen MR) is 98.8 cm³/mol. The molecule has 0 fully saturated rings. The van der Waals surface area contributed by atoms with Gasteiger partial charge in [0, 0.05) is 20.2 Å². The van der Waals surface area contributed by atoms with E-state index < -0.39 is 17.2 Å². The molecule has 0 atom stereocenters. The topological polar surface area (TPSA) is 108 Å². The summed E-state index contributed by atoms with van der Waals surface area (Å²) in [5.74, 6) is -0.471. The molecule has 0 spiro atoms. The molecule has 0 aliphatic rings. The number of carboxylic acid groups (broad SMARTS) is 1. The van der Waals surface area contributed by atoms with Crippen LogP contribution in [-0.2, 0) is 25.4 Å². The number of hydrogen-bond donors (Lipinski definition) is 1. The van der Waals surface area contributed by atoms with Gasteiger partial charge in [-0.2, -0.15) is 0 Å². The molecule has 0 aliphatic heterocycles. The van der Waals surface area contributed by atoms with Crippen molar-refractivity contribution in [3.8, 4) is 5.75 Å². The number of hydrogen-bond acceptors (Lipinski definition) is 5. The summed E-state index contributed by atoms with van der Waals surface area (Å²) >= 11 is 0. The van der Waals surface area contributed by atoms with Crippen molar-refractivity contribution in [3.05, 3.63) is 63.1 Å². The normalized spacial score (nSPS) is 11.3. The standard InChI is InChI=1S/C18H18N4O5/c1-20-11-19-16-15(20)17(25)22(18(26)21(16)2)9-10-27-13-6-3-12(4-7-13)5-8-14(23)24/h3-8,11H,9-10H2,1-2H3,(H,23,24). The molecule has 140 valence electrons. The number of imidazole rings is 1. The molecular formula is C18H18N4O5. The van der Waals surface area contributed by atoms with Crippen molar-refractivity contribution in [3.63, 3.8) is 0 Å². The lowest BCUT2D eigenvalue weighted by atomic mass is 10.2. The van der Waals surface area contributed by atoms with E-state index >= 15 is 0 Å². The number of rotatable bonds is 6. The molecule has 27 heavy (non-hydrogen) atoms. The minimum absolute atomic E-state index is 0.0906. The van der Waals surface area contributed by atoms with Gasteiger partial charge in [-0.05, 0) is 23.8 Å². The van der Waals surface area contributed by atoms with Crippen LogP contribution in [0.3, 0.4) is 0 Å². The van der Waals surface area contributed by atoms with Crippen molar-refractivity contribution in [1.82, 2.24) is 18.7 Å². The van der Waals surface area contributed by atoms with Crippen LogP contribution in [0.5, 0.6) is 5.75 Å². The van der Waals surface area contributed by atoms with Crippen LogP contribution in [0.1, 0.15) is 5.56 Å². The number of aryl methyl sites for hydroxylation is 2. The summed E-state index contributed by atoms with van der Waals surface area (Å²) in [6, 6.07) is 6.79. The Bertz CT molecular complexity index is 1140. The summed E-state index contributed by atoms with van der Waals surface area (Å²) in [7, 11) is 3.26. The van der Waals surface area contributed by atoms with Crippen LogP contribution in [0.2, 0.25) is 0 Å². The largest absolute Gasteiger partial charge is 0.492 e. The molecule has 0 amide bonds. The molecule has 2 aromatic heterocycles. The first-order valence-electron chi connectivity index (χ1n) is 8.13. The fourth-order valence-corrected chi connectivity index (χ4v) is 2.69. The SMILES string of the molecule is Cn1cnc2c1c(=O)n(CCOc1ccc(C=CC(=O)O)cc1)c(=O)n2C. The van der Waals surface area contributed by atoms with Crippen molar-refractivity contribution in [2.45, 2.75) is 6.54 Å². The third-order valence-corrected chi connectivity index (χ3v) is 4.08. The summed E-state index contributed by atoms with van der Waals surface area (Å²) in [5, 5.41) is 8.62. The van der Waals surface area contributed by atoms with Crippen LogP contribution in [0.15, 0.2) is 46.3 Å². The predicted octanol–water partition coefficient (Wildman–Crippen LogP) is 0.611. The number of aromatic nitrogens is 4. The van der Waals surface area contributed by atoms with E-state index in [1.807, 2.05) is 0 Å². The average Bonchev–Trinajstić information content (AvgIpc) is 3.04. The average molecular weight is 370 g/mol. The first-order chi connectivity index (χ1) is 12.9. The molecule has 3 rings (SSSR count). The zero-order valence-electron chi connectivity index (χ0n) is 14.8. The molecule has 9 nitrogen and oxygen atoms in total. The fourth-order valence-electron chi connectivity index (χ4n) is 2.69. The van der Waals surface area contributed by atoms with Crippen molar-refractivity contribution in [2.75, 3.05) is 6.61 Å². The summed E-state index contributed by atoms with van der Waals surface area (Å²) in [4.78, 5) is 39.6. The van der Waals surface area contributed by atoms with Gasteiger partial charge in [0.1, 0.15) is 12.4 Å². The molecule has 0 saturated carbocycles. The maximum Gasteiger partial charge on any atom is 0.332 e. The van der Waals surface area contributed by atoms with Gasteiger partial charge in [-0.1, -0.05) is 12.1 Å². The first kappa shape index (κ1) is 18.2. The summed E-state index contributed by atoms with van der Waals surface area (Å²) in [5.41, 5.74) is 0.549. The van der Waals surface area contributed by atoms with Crippen molar-refractivity contribution < 1.29 is 14.6 Å². The van der Waals surface area contributed by atoms with Crippen LogP contribution in [0, 0.1) is 0 Å². The van der Waals surface area contributed by atoms with Crippen LogP contribution >= 0.6 is 0 Å². The second kappa shape index (κ2) is 7.32. The van der Waals surface area contributed by atoms with Crippen molar-refractivity contribution >= 4 is 23.2 Å². The molecule has 0 bridgehead atoms. The van der Waals surface area contributed by atoms with Crippen LogP contribution < -0.4 is 16.0 Å². The van der Waals surface area contributed by atoms with Gasteiger partial charge in [0.15, 0.2) is 11.2 Å². The highest BCUT2D eigenvalue weighted by Crippen LogP contribution is 2.13. The zero-order valence-corrected chi connectivity index (χ0v) is 14.8. The Morgan fingerprint density at radius 3 is 2.59 bits per heavy atom. The Kier molecular flexibility index (Phi) is 4.93. The molecule has 0 radical (unpaired) electrons. The number of fused-ring (bicyclic) bond motifs is 1. The number of ether oxygens (including phenoxy) is 1. The third-order valence-electron chi connectivity index (χ3n) is 4.08. The monoisotopic (exact) mass is 370 g/mol. The van der Waals surface area contributed by atoms with Gasteiger partial charge in [-0.25, -0.2) is 14.6 Å². The molecule has 0 unspecified atom stereocenters. The van der Waals surface area contributed by atoms with Crippen LogP contribution in [0.25, 0.3) is 17.2 Å². The van der Waals surface area contributed by atoms with E-state index in [0.717, 1.165) is 16.2 Å². The molecule has 2 heterocycles. The fraction of sp³-hybridized carbons (Fsp3) is 0.222. The molecule has 0 saturated heterocycles.